The smallest absolute Gasteiger partial charge is 0.220 e. The molecule has 1 aliphatic rings. The fourth-order valence-electron chi connectivity index (χ4n) is 2.22. The van der Waals surface area contributed by atoms with Crippen molar-refractivity contribution < 1.29 is 9.18 Å². The Kier molecular flexibility index (Phi) is 4.70. The van der Waals surface area contributed by atoms with Gasteiger partial charge in [0.05, 0.1) is 0 Å². The van der Waals surface area contributed by atoms with Gasteiger partial charge in [-0.1, -0.05) is 12.1 Å². The molecular weight excluding hydrogens is 231 g/mol. The van der Waals surface area contributed by atoms with Crippen molar-refractivity contribution in [3.63, 3.8) is 0 Å². The summed E-state index contributed by atoms with van der Waals surface area (Å²) in [7, 11) is 0. The van der Waals surface area contributed by atoms with Gasteiger partial charge in [0.1, 0.15) is 5.82 Å². The van der Waals surface area contributed by atoms with Crippen LogP contribution < -0.4 is 10.6 Å². The number of rotatable bonds is 5. The first-order valence-electron chi connectivity index (χ1n) is 6.46. The second-order valence-corrected chi connectivity index (χ2v) is 4.79. The van der Waals surface area contributed by atoms with Crippen LogP contribution in [0.2, 0.25) is 0 Å². The van der Waals surface area contributed by atoms with Crippen molar-refractivity contribution in [2.24, 2.45) is 5.92 Å². The first kappa shape index (κ1) is 13.0. The highest BCUT2D eigenvalue weighted by molar-refractivity contribution is 5.76. The van der Waals surface area contributed by atoms with Gasteiger partial charge in [0, 0.05) is 13.0 Å². The molecule has 0 aromatic heterocycles. The first-order chi connectivity index (χ1) is 8.74. The van der Waals surface area contributed by atoms with E-state index in [2.05, 4.69) is 10.6 Å². The Hall–Kier alpha value is -1.42. The number of hydrogen-bond acceptors (Lipinski definition) is 2. The van der Waals surface area contributed by atoms with Crippen LogP contribution in [0.5, 0.6) is 0 Å². The van der Waals surface area contributed by atoms with Crippen molar-refractivity contribution in [3.05, 3.63) is 35.6 Å². The summed E-state index contributed by atoms with van der Waals surface area (Å²) in [6, 6.07) is 6.40. The van der Waals surface area contributed by atoms with Crippen LogP contribution in [0.15, 0.2) is 24.3 Å². The van der Waals surface area contributed by atoms with Crippen molar-refractivity contribution in [2.45, 2.75) is 19.3 Å². The summed E-state index contributed by atoms with van der Waals surface area (Å²) in [6.07, 6.45) is 2.44. The minimum Gasteiger partial charge on any atom is -0.356 e. The average Bonchev–Trinajstić information content (AvgIpc) is 2.84. The number of carbonyl (C=O) groups is 1. The maximum Gasteiger partial charge on any atom is 0.220 e. The highest BCUT2D eigenvalue weighted by Gasteiger charge is 2.17. The van der Waals surface area contributed by atoms with E-state index in [9.17, 15) is 9.18 Å². The summed E-state index contributed by atoms with van der Waals surface area (Å²) in [5, 5.41) is 6.16. The third-order valence-electron chi connectivity index (χ3n) is 3.29. The van der Waals surface area contributed by atoms with Crippen LogP contribution in [0, 0.1) is 11.7 Å². The molecule has 18 heavy (non-hydrogen) atoms. The van der Waals surface area contributed by atoms with Gasteiger partial charge in [-0.25, -0.2) is 4.39 Å². The van der Waals surface area contributed by atoms with Crippen molar-refractivity contribution in [1.82, 2.24) is 10.6 Å². The minimum atomic E-state index is -0.225. The van der Waals surface area contributed by atoms with Gasteiger partial charge in [0.25, 0.3) is 0 Å². The minimum absolute atomic E-state index is 0.116. The van der Waals surface area contributed by atoms with E-state index in [1.165, 1.54) is 12.1 Å². The zero-order valence-corrected chi connectivity index (χ0v) is 10.4. The number of nitrogens with one attached hydrogen (secondary N) is 2. The van der Waals surface area contributed by atoms with Gasteiger partial charge in [-0.3, -0.25) is 4.79 Å². The predicted octanol–water partition coefficient (Wildman–Crippen LogP) is 1.48. The normalized spacial score (nSPS) is 18.8. The van der Waals surface area contributed by atoms with E-state index in [1.807, 2.05) is 0 Å². The van der Waals surface area contributed by atoms with Gasteiger partial charge in [-0.2, -0.15) is 0 Å². The van der Waals surface area contributed by atoms with Crippen LogP contribution in [0.4, 0.5) is 4.39 Å². The van der Waals surface area contributed by atoms with E-state index in [1.54, 1.807) is 12.1 Å². The fraction of sp³-hybridized carbons (Fsp3) is 0.500. The molecule has 98 valence electrons. The zero-order valence-electron chi connectivity index (χ0n) is 10.4. The maximum atomic E-state index is 12.7. The monoisotopic (exact) mass is 250 g/mol. The van der Waals surface area contributed by atoms with Crippen molar-refractivity contribution in [3.8, 4) is 0 Å². The van der Waals surface area contributed by atoms with Crippen molar-refractivity contribution in [2.75, 3.05) is 19.6 Å². The van der Waals surface area contributed by atoms with Crippen LogP contribution in [-0.4, -0.2) is 25.5 Å². The largest absolute Gasteiger partial charge is 0.356 e. The summed E-state index contributed by atoms with van der Waals surface area (Å²) in [5.74, 6) is 0.373. The lowest BCUT2D eigenvalue weighted by molar-refractivity contribution is -0.121. The van der Waals surface area contributed by atoms with E-state index in [0.717, 1.165) is 31.5 Å². The number of amides is 1. The van der Waals surface area contributed by atoms with Crippen LogP contribution in [0.3, 0.4) is 0 Å². The summed E-state index contributed by atoms with van der Waals surface area (Å²) < 4.78 is 12.7. The Labute approximate surface area is 107 Å². The van der Waals surface area contributed by atoms with Gasteiger partial charge < -0.3 is 10.6 Å². The molecule has 1 aromatic carbocycles. The Balaban J connectivity index is 1.65. The molecule has 0 saturated carbocycles. The highest BCUT2D eigenvalue weighted by atomic mass is 19.1. The predicted molar refractivity (Wildman–Crippen MR) is 68.7 cm³/mol. The third-order valence-corrected chi connectivity index (χ3v) is 3.29. The van der Waals surface area contributed by atoms with Gasteiger partial charge in [0.15, 0.2) is 0 Å². The lowest BCUT2D eigenvalue weighted by Crippen LogP contribution is -2.28. The molecule has 1 heterocycles. The molecule has 0 spiro atoms. The fourth-order valence-corrected chi connectivity index (χ4v) is 2.22. The average molecular weight is 250 g/mol. The molecular formula is C14H19FN2O. The Morgan fingerprint density at radius 1 is 1.39 bits per heavy atom. The van der Waals surface area contributed by atoms with E-state index in [4.69, 9.17) is 0 Å². The summed E-state index contributed by atoms with van der Waals surface area (Å²) in [6.45, 7) is 2.59. The lowest BCUT2D eigenvalue weighted by Gasteiger charge is -2.09. The number of carbonyl (C=O) groups excluding carboxylic acids is 1. The van der Waals surface area contributed by atoms with Gasteiger partial charge >= 0.3 is 0 Å². The van der Waals surface area contributed by atoms with E-state index < -0.39 is 0 Å². The van der Waals surface area contributed by atoms with E-state index >= 15 is 0 Å². The van der Waals surface area contributed by atoms with Crippen molar-refractivity contribution >= 4 is 5.91 Å². The van der Waals surface area contributed by atoms with E-state index in [0.29, 0.717) is 18.9 Å². The van der Waals surface area contributed by atoms with E-state index in [-0.39, 0.29) is 11.7 Å². The second-order valence-electron chi connectivity index (χ2n) is 4.79. The number of benzene rings is 1. The number of halogens is 1. The molecule has 1 saturated heterocycles. The maximum absolute atomic E-state index is 12.7. The Bertz CT molecular complexity index is 385. The summed E-state index contributed by atoms with van der Waals surface area (Å²) in [5.41, 5.74) is 1.04. The Morgan fingerprint density at radius 2 is 2.17 bits per heavy atom. The molecule has 1 aromatic rings. The molecule has 3 nitrogen and oxygen atoms in total. The molecule has 1 aliphatic heterocycles. The third kappa shape index (κ3) is 4.11. The molecule has 2 N–H and O–H groups in total. The molecule has 2 rings (SSSR count). The summed E-state index contributed by atoms with van der Waals surface area (Å²) >= 11 is 0. The van der Waals surface area contributed by atoms with Crippen LogP contribution >= 0.6 is 0 Å². The molecule has 0 bridgehead atoms. The molecule has 0 radical (unpaired) electrons. The van der Waals surface area contributed by atoms with Gasteiger partial charge in [-0.15, -0.1) is 0 Å². The van der Waals surface area contributed by atoms with Gasteiger partial charge in [-0.05, 0) is 49.5 Å². The van der Waals surface area contributed by atoms with Gasteiger partial charge in [0.2, 0.25) is 5.91 Å². The quantitative estimate of drug-likeness (QED) is 0.831. The standard InChI is InChI=1S/C14H19FN2O/c15-13-3-1-11(2-4-13)6-8-17-14(18)9-12-5-7-16-10-12/h1-4,12,16H,5-10H2,(H,17,18). The first-order valence-corrected chi connectivity index (χ1v) is 6.46. The molecule has 1 amide bonds. The van der Waals surface area contributed by atoms with Crippen molar-refractivity contribution in [1.29, 1.82) is 0 Å². The molecule has 1 fully saturated rings. The number of hydrogen-bond donors (Lipinski definition) is 2. The molecule has 1 atom stereocenters. The Morgan fingerprint density at radius 3 is 2.83 bits per heavy atom. The molecule has 0 aliphatic carbocycles. The van der Waals surface area contributed by atoms with Crippen LogP contribution in [-0.2, 0) is 11.2 Å². The SMILES string of the molecule is O=C(CC1CCNC1)NCCc1ccc(F)cc1. The zero-order chi connectivity index (χ0) is 12.8. The van der Waals surface area contributed by atoms with Crippen LogP contribution in [0.25, 0.3) is 0 Å². The highest BCUT2D eigenvalue weighted by Crippen LogP contribution is 2.11. The second kappa shape index (κ2) is 6.50. The lowest BCUT2D eigenvalue weighted by atomic mass is 10.0. The molecule has 4 heteroatoms. The summed E-state index contributed by atoms with van der Waals surface area (Å²) in [4.78, 5) is 11.6. The van der Waals surface area contributed by atoms with Crippen LogP contribution in [0.1, 0.15) is 18.4 Å². The molecule has 1 unspecified atom stereocenters. The topological polar surface area (TPSA) is 41.1 Å².